The molecule has 1 saturated carbocycles. The standard InChI is InChI=1S/C40H50FN7O8.H2S/c1-3-7-33(49)40(13-6-14-40)34(50)20-26(8-5-15-44-38(42)43)36(52)45-27-11-9-25(10-12-27)24-56-39(55)48-18-16-47(17-19-48)32-22-31-28(21-30(32)41)35(51)29(37(53)54)23-46(31)4-2;/h9-12,21-23,26H,3-8,13-20,24H2,1-2H3,(H,45,52)(H,53,54)(H4,42,43,44);1H2/t26-;/m1./s1. The van der Waals surface area contributed by atoms with Crippen LogP contribution in [-0.4, -0.2) is 82.8 Å². The number of aryl methyl sites for hydroxylation is 1. The Labute approximate surface area is 337 Å². The van der Waals surface area contributed by atoms with E-state index in [2.05, 4.69) is 10.3 Å². The Morgan fingerprint density at radius 3 is 2.28 bits per heavy atom. The number of pyridine rings is 1. The molecule has 1 aromatic heterocycles. The number of carbonyl (C=O) groups excluding carboxylic acids is 4. The zero-order chi connectivity index (χ0) is 40.6. The van der Waals surface area contributed by atoms with Crippen molar-refractivity contribution in [3.63, 3.8) is 0 Å². The fraction of sp³-hybridized carbons (Fsp3) is 0.475. The van der Waals surface area contributed by atoms with Gasteiger partial charge < -0.3 is 41.0 Å². The van der Waals surface area contributed by atoms with Crippen LogP contribution in [0.25, 0.3) is 10.9 Å². The van der Waals surface area contributed by atoms with Crippen LogP contribution in [0.5, 0.6) is 0 Å². The number of hydrogen-bond donors (Lipinski definition) is 4. The lowest BCUT2D eigenvalue weighted by atomic mass is 9.61. The van der Waals surface area contributed by atoms with Gasteiger partial charge in [-0.25, -0.2) is 14.0 Å². The van der Waals surface area contributed by atoms with Crippen molar-refractivity contribution in [2.24, 2.45) is 27.8 Å². The van der Waals surface area contributed by atoms with Crippen molar-refractivity contribution < 1.29 is 38.2 Å². The number of fused-ring (bicyclic) bond motifs is 1. The fourth-order valence-electron chi connectivity index (χ4n) is 7.35. The number of guanidine groups is 1. The molecule has 57 heavy (non-hydrogen) atoms. The van der Waals surface area contributed by atoms with Gasteiger partial charge in [0.2, 0.25) is 11.3 Å². The molecule has 17 heteroatoms. The van der Waals surface area contributed by atoms with Crippen LogP contribution in [0.3, 0.4) is 0 Å². The monoisotopic (exact) mass is 809 g/mol. The van der Waals surface area contributed by atoms with Crippen LogP contribution in [0.15, 0.2) is 52.4 Å². The number of carbonyl (C=O) groups is 5. The SMILES string of the molecule is CCCC(=O)C1(C(=O)C[C@@H](CCCN=C(N)N)C(=O)Nc2ccc(COC(=O)N3CCN(c4cc5c(cc4F)c(=O)c(C(=O)O)cn5CC)CC3)cc2)CCC1.S. The average molecular weight is 810 g/mol. The average Bonchev–Trinajstić information content (AvgIpc) is 3.15. The molecule has 0 radical (unpaired) electrons. The summed E-state index contributed by atoms with van der Waals surface area (Å²) in [7, 11) is 0. The first-order valence-electron chi connectivity index (χ1n) is 19.1. The summed E-state index contributed by atoms with van der Waals surface area (Å²) in [6.45, 7) is 5.44. The van der Waals surface area contributed by atoms with E-state index in [9.17, 15) is 33.9 Å². The van der Waals surface area contributed by atoms with E-state index in [1.54, 1.807) is 40.7 Å². The highest BCUT2D eigenvalue weighted by Crippen LogP contribution is 2.45. The van der Waals surface area contributed by atoms with Gasteiger partial charge in [-0.2, -0.15) is 13.5 Å². The number of ether oxygens (including phenoxy) is 1. The summed E-state index contributed by atoms with van der Waals surface area (Å²) in [4.78, 5) is 84.4. The number of aliphatic imine (C=N–C) groups is 1. The Kier molecular flexibility index (Phi) is 15.2. The summed E-state index contributed by atoms with van der Waals surface area (Å²) in [6.07, 6.45) is 4.32. The predicted molar refractivity (Wildman–Crippen MR) is 219 cm³/mol. The van der Waals surface area contributed by atoms with Crippen molar-refractivity contribution in [2.45, 2.75) is 78.4 Å². The molecular weight excluding hydrogens is 758 g/mol. The number of Topliss-reactive ketones (excluding diaryl/α,β-unsaturated/α-hetero) is 2. The lowest BCUT2D eigenvalue weighted by Gasteiger charge is -2.39. The van der Waals surface area contributed by atoms with Gasteiger partial charge in [-0.3, -0.25) is 24.2 Å². The second-order valence-electron chi connectivity index (χ2n) is 14.4. The van der Waals surface area contributed by atoms with E-state index in [0.717, 1.165) is 12.5 Å². The molecule has 0 bridgehead atoms. The van der Waals surface area contributed by atoms with E-state index in [4.69, 9.17) is 16.2 Å². The van der Waals surface area contributed by atoms with Crippen molar-refractivity contribution in [3.8, 4) is 0 Å². The lowest BCUT2D eigenvalue weighted by Crippen LogP contribution is -2.49. The minimum absolute atomic E-state index is 0. The predicted octanol–water partition coefficient (Wildman–Crippen LogP) is 4.54. The zero-order valence-corrected chi connectivity index (χ0v) is 33.4. The quantitative estimate of drug-likeness (QED) is 0.0642. The first-order valence-corrected chi connectivity index (χ1v) is 19.1. The number of carboxylic acid groups (broad SMARTS) is 1. The van der Waals surface area contributed by atoms with E-state index >= 15 is 4.39 Å². The van der Waals surface area contributed by atoms with Crippen molar-refractivity contribution in [2.75, 3.05) is 42.9 Å². The number of rotatable bonds is 17. The van der Waals surface area contributed by atoms with Crippen molar-refractivity contribution in [3.05, 3.63) is 69.8 Å². The van der Waals surface area contributed by atoms with Gasteiger partial charge in [0.1, 0.15) is 29.6 Å². The summed E-state index contributed by atoms with van der Waals surface area (Å²) >= 11 is 0. The van der Waals surface area contributed by atoms with Crippen LogP contribution in [0, 0.1) is 17.2 Å². The number of amides is 2. The molecule has 2 aliphatic rings. The second-order valence-corrected chi connectivity index (χ2v) is 14.4. The molecule has 6 N–H and O–H groups in total. The molecular formula is C40H52FN7O8S. The maximum atomic E-state index is 15.3. The van der Waals surface area contributed by atoms with Crippen LogP contribution in [0.4, 0.5) is 20.6 Å². The summed E-state index contributed by atoms with van der Waals surface area (Å²) < 4.78 is 22.4. The summed E-state index contributed by atoms with van der Waals surface area (Å²) in [5, 5.41) is 12.3. The number of hydrogen-bond acceptors (Lipinski definition) is 9. The minimum Gasteiger partial charge on any atom is -0.477 e. The summed E-state index contributed by atoms with van der Waals surface area (Å²) in [6, 6.07) is 9.39. The van der Waals surface area contributed by atoms with Crippen LogP contribution in [-0.2, 0) is 32.3 Å². The smallest absolute Gasteiger partial charge is 0.410 e. The van der Waals surface area contributed by atoms with Gasteiger partial charge in [0.25, 0.3) is 0 Å². The van der Waals surface area contributed by atoms with Gasteiger partial charge in [-0.05, 0) is 68.9 Å². The first kappa shape index (κ1) is 44.3. The largest absolute Gasteiger partial charge is 0.477 e. The number of anilines is 2. The lowest BCUT2D eigenvalue weighted by molar-refractivity contribution is -0.148. The van der Waals surface area contributed by atoms with Gasteiger partial charge in [0.05, 0.1) is 16.6 Å². The third-order valence-electron chi connectivity index (χ3n) is 10.7. The van der Waals surface area contributed by atoms with E-state index in [1.165, 1.54) is 17.2 Å². The van der Waals surface area contributed by atoms with E-state index in [1.807, 2.05) is 6.92 Å². The molecule has 308 valence electrons. The third-order valence-corrected chi connectivity index (χ3v) is 10.7. The normalized spacial score (nSPS) is 15.1. The van der Waals surface area contributed by atoms with E-state index in [0.29, 0.717) is 81.5 Å². The topological polar surface area (TPSA) is 220 Å². The number of halogens is 1. The van der Waals surface area contributed by atoms with Crippen molar-refractivity contribution in [1.82, 2.24) is 9.47 Å². The van der Waals surface area contributed by atoms with Crippen molar-refractivity contribution >= 4 is 71.3 Å². The number of nitrogens with two attached hydrogens (primary N) is 2. The van der Waals surface area contributed by atoms with Gasteiger partial charge >= 0.3 is 12.1 Å². The minimum atomic E-state index is -1.38. The Morgan fingerprint density at radius 2 is 1.70 bits per heavy atom. The number of aromatic nitrogens is 1. The number of carboxylic acids is 1. The molecule has 15 nitrogen and oxygen atoms in total. The molecule has 2 amide bonds. The Balaban J connectivity index is 0.00000720. The summed E-state index contributed by atoms with van der Waals surface area (Å²) in [5.74, 6) is -3.38. The highest BCUT2D eigenvalue weighted by molar-refractivity contribution is 7.59. The maximum Gasteiger partial charge on any atom is 0.410 e. The van der Waals surface area contributed by atoms with E-state index < -0.39 is 40.2 Å². The fourth-order valence-corrected chi connectivity index (χ4v) is 7.35. The molecule has 2 fully saturated rings. The Morgan fingerprint density at radius 1 is 1.02 bits per heavy atom. The number of nitrogens with zero attached hydrogens (tertiary/aromatic N) is 4. The molecule has 1 aliphatic heterocycles. The highest BCUT2D eigenvalue weighted by Gasteiger charge is 2.49. The molecule has 1 saturated heterocycles. The van der Waals surface area contributed by atoms with Gasteiger partial charge in [0, 0.05) is 75.3 Å². The molecule has 2 aromatic carbocycles. The molecule has 0 spiro atoms. The second kappa shape index (κ2) is 19.6. The van der Waals surface area contributed by atoms with Gasteiger partial charge in [0.15, 0.2) is 5.96 Å². The molecule has 2 heterocycles. The number of benzene rings is 2. The summed E-state index contributed by atoms with van der Waals surface area (Å²) in [5.41, 5.74) is 10.5. The molecule has 1 atom stereocenters. The zero-order valence-electron chi connectivity index (χ0n) is 32.4. The molecule has 0 unspecified atom stereocenters. The molecule has 1 aliphatic carbocycles. The number of ketones is 2. The number of aromatic carboxylic acids is 1. The highest BCUT2D eigenvalue weighted by atomic mass is 32.1. The Bertz CT molecular complexity index is 2060. The van der Waals surface area contributed by atoms with Crippen LogP contribution in [0.1, 0.15) is 81.1 Å². The number of nitrogens with one attached hydrogen (secondary N) is 1. The Hall–Kier alpha value is -5.45. The number of piperazine rings is 1. The van der Waals surface area contributed by atoms with Crippen LogP contribution < -0.4 is 27.1 Å². The third kappa shape index (κ3) is 10.3. The maximum absolute atomic E-state index is 15.3. The molecule has 5 rings (SSSR count). The van der Waals surface area contributed by atoms with Gasteiger partial charge in [-0.15, -0.1) is 0 Å². The van der Waals surface area contributed by atoms with Gasteiger partial charge in [-0.1, -0.05) is 25.5 Å². The van der Waals surface area contributed by atoms with Crippen molar-refractivity contribution in [1.29, 1.82) is 0 Å². The van der Waals surface area contributed by atoms with Crippen LogP contribution >= 0.6 is 13.5 Å². The molecule has 3 aromatic rings. The van der Waals surface area contributed by atoms with E-state index in [-0.39, 0.29) is 74.1 Å². The van der Waals surface area contributed by atoms with Crippen LogP contribution in [0.2, 0.25) is 0 Å². The first-order chi connectivity index (χ1) is 26.8.